The van der Waals surface area contributed by atoms with Gasteiger partial charge in [-0.15, -0.1) is 0 Å². The standard InChI is InChI=1S/C6H7BN2/c1-2-5-9-6-4-8-7(9)3-1/h1-5H,6H2. The molecule has 0 aromatic heterocycles. The highest BCUT2D eigenvalue weighted by Crippen LogP contribution is 2.07. The van der Waals surface area contributed by atoms with Crippen molar-refractivity contribution in [3.05, 3.63) is 24.3 Å². The number of allylic oxidation sites excluding steroid dienone is 2. The van der Waals surface area contributed by atoms with Gasteiger partial charge < -0.3 is 9.71 Å². The Labute approximate surface area is 54.7 Å². The minimum Gasteiger partial charge on any atom is -0.392 e. The van der Waals surface area contributed by atoms with Gasteiger partial charge in [0.1, 0.15) is 0 Å². The summed E-state index contributed by atoms with van der Waals surface area (Å²) in [6, 6.07) is 0. The summed E-state index contributed by atoms with van der Waals surface area (Å²) in [4.78, 5) is 6.40. The monoisotopic (exact) mass is 118 g/mol. The Bertz CT molecular complexity index is 195. The highest BCUT2D eigenvalue weighted by Gasteiger charge is 2.21. The molecule has 0 N–H and O–H groups in total. The molecule has 0 saturated carbocycles. The van der Waals surface area contributed by atoms with Gasteiger partial charge >= 0.3 is 6.98 Å². The van der Waals surface area contributed by atoms with Crippen LogP contribution in [0.2, 0.25) is 0 Å². The van der Waals surface area contributed by atoms with Crippen LogP contribution < -0.4 is 0 Å². The van der Waals surface area contributed by atoms with E-state index in [0.717, 1.165) is 6.54 Å². The smallest absolute Gasteiger partial charge is 0.392 e. The third-order valence-electron chi connectivity index (χ3n) is 1.56. The lowest BCUT2D eigenvalue weighted by Crippen LogP contribution is -2.28. The van der Waals surface area contributed by atoms with Crippen LogP contribution in [0.15, 0.2) is 29.2 Å². The minimum atomic E-state index is 0.301. The van der Waals surface area contributed by atoms with Crippen LogP contribution in [0.3, 0.4) is 0 Å². The van der Waals surface area contributed by atoms with Crippen molar-refractivity contribution in [2.24, 2.45) is 4.90 Å². The molecule has 0 atom stereocenters. The zero-order valence-electron chi connectivity index (χ0n) is 5.07. The summed E-state index contributed by atoms with van der Waals surface area (Å²) >= 11 is 0. The van der Waals surface area contributed by atoms with E-state index in [0.29, 0.717) is 6.98 Å². The summed E-state index contributed by atoms with van der Waals surface area (Å²) in [7, 11) is 0. The number of hydrogen-bond donors (Lipinski definition) is 0. The van der Waals surface area contributed by atoms with Gasteiger partial charge in [-0.3, -0.25) is 0 Å². The molecule has 0 fully saturated rings. The topological polar surface area (TPSA) is 15.6 Å². The zero-order valence-corrected chi connectivity index (χ0v) is 5.07. The Hall–Kier alpha value is -0.985. The van der Waals surface area contributed by atoms with E-state index in [1.54, 1.807) is 0 Å². The molecule has 2 heterocycles. The normalized spacial score (nSPS) is 21.3. The lowest BCUT2D eigenvalue weighted by Gasteiger charge is -2.16. The van der Waals surface area contributed by atoms with Crippen LogP contribution in [0.1, 0.15) is 0 Å². The molecule has 9 heavy (non-hydrogen) atoms. The van der Waals surface area contributed by atoms with E-state index in [2.05, 4.69) is 21.9 Å². The van der Waals surface area contributed by atoms with Gasteiger partial charge in [0.05, 0.1) is 0 Å². The molecule has 0 saturated heterocycles. The van der Waals surface area contributed by atoms with Crippen LogP contribution in [0, 0.1) is 0 Å². The zero-order chi connectivity index (χ0) is 6.10. The van der Waals surface area contributed by atoms with Crippen LogP contribution in [-0.4, -0.2) is 24.6 Å². The Morgan fingerprint density at radius 3 is 3.33 bits per heavy atom. The van der Waals surface area contributed by atoms with Gasteiger partial charge in [-0.25, -0.2) is 0 Å². The Kier molecular flexibility index (Phi) is 0.948. The third kappa shape index (κ3) is 0.688. The molecule has 0 aliphatic carbocycles. The van der Waals surface area contributed by atoms with Gasteiger partial charge in [0.2, 0.25) is 0 Å². The highest BCUT2D eigenvalue weighted by atomic mass is 15.1. The average Bonchev–Trinajstić information content (AvgIpc) is 2.33. The van der Waals surface area contributed by atoms with E-state index in [1.807, 2.05) is 18.4 Å². The van der Waals surface area contributed by atoms with Gasteiger partial charge in [-0.05, 0) is 12.3 Å². The maximum atomic E-state index is 4.22. The molecular formula is C6H7BN2. The predicted molar refractivity (Wildman–Crippen MR) is 39.2 cm³/mol. The quantitative estimate of drug-likeness (QED) is 0.422. The minimum absolute atomic E-state index is 0.301. The maximum Gasteiger partial charge on any atom is 0.421 e. The molecule has 0 aromatic carbocycles. The summed E-state index contributed by atoms with van der Waals surface area (Å²) in [5.41, 5.74) is 0. The summed E-state index contributed by atoms with van der Waals surface area (Å²) in [6.07, 6.45) is 8.08. The van der Waals surface area contributed by atoms with Crippen LogP contribution in [0.25, 0.3) is 0 Å². The third-order valence-corrected chi connectivity index (χ3v) is 1.56. The van der Waals surface area contributed by atoms with Crippen molar-refractivity contribution < 1.29 is 0 Å². The van der Waals surface area contributed by atoms with Crippen LogP contribution in [-0.2, 0) is 0 Å². The van der Waals surface area contributed by atoms with Crippen molar-refractivity contribution in [3.8, 4) is 0 Å². The molecule has 0 spiro atoms. The highest BCUT2D eigenvalue weighted by molar-refractivity contribution is 6.62. The number of fused-ring (bicyclic) bond motifs is 1. The van der Waals surface area contributed by atoms with Crippen molar-refractivity contribution in [1.29, 1.82) is 0 Å². The van der Waals surface area contributed by atoms with Crippen LogP contribution in [0.5, 0.6) is 0 Å². The van der Waals surface area contributed by atoms with E-state index in [1.165, 1.54) is 0 Å². The fraction of sp³-hybridized carbons (Fsp3) is 0.167. The number of rotatable bonds is 0. The SMILES string of the molecule is C1=CB2N=CCN2C=C1. The van der Waals surface area contributed by atoms with Crippen molar-refractivity contribution in [1.82, 2.24) is 4.81 Å². The summed E-state index contributed by atoms with van der Waals surface area (Å²) in [5, 5.41) is 0. The number of hydrogen-bond acceptors (Lipinski definition) is 2. The average molecular weight is 118 g/mol. The molecule has 2 aliphatic heterocycles. The first-order valence-electron chi connectivity index (χ1n) is 3.09. The molecule has 2 nitrogen and oxygen atoms in total. The molecule has 2 aliphatic rings. The van der Waals surface area contributed by atoms with Crippen LogP contribution >= 0.6 is 0 Å². The number of nitrogens with zero attached hydrogens (tertiary/aromatic N) is 2. The molecule has 0 radical (unpaired) electrons. The molecule has 0 bridgehead atoms. The molecule has 44 valence electrons. The Balaban J connectivity index is 2.25. The van der Waals surface area contributed by atoms with E-state index in [4.69, 9.17) is 0 Å². The van der Waals surface area contributed by atoms with E-state index in [9.17, 15) is 0 Å². The van der Waals surface area contributed by atoms with Crippen molar-refractivity contribution in [2.75, 3.05) is 6.54 Å². The summed E-state index contributed by atoms with van der Waals surface area (Å²) < 4.78 is 0. The molecule has 2 rings (SSSR count). The molecule has 3 heteroatoms. The predicted octanol–water partition coefficient (Wildman–Crippen LogP) is 0.484. The Morgan fingerprint density at radius 2 is 2.44 bits per heavy atom. The van der Waals surface area contributed by atoms with Gasteiger partial charge in [0, 0.05) is 12.8 Å². The van der Waals surface area contributed by atoms with E-state index in [-0.39, 0.29) is 0 Å². The van der Waals surface area contributed by atoms with Crippen molar-refractivity contribution in [3.63, 3.8) is 0 Å². The Morgan fingerprint density at radius 1 is 1.44 bits per heavy atom. The molecule has 0 unspecified atom stereocenters. The van der Waals surface area contributed by atoms with Gasteiger partial charge in [0.25, 0.3) is 0 Å². The largest absolute Gasteiger partial charge is 0.421 e. The fourth-order valence-corrected chi connectivity index (χ4v) is 1.08. The first kappa shape index (κ1) is 4.85. The maximum absolute atomic E-state index is 4.22. The van der Waals surface area contributed by atoms with E-state index >= 15 is 0 Å². The second kappa shape index (κ2) is 1.76. The first-order chi connectivity index (χ1) is 4.47. The summed E-state index contributed by atoms with van der Waals surface area (Å²) in [5.74, 6) is 2.09. The van der Waals surface area contributed by atoms with Gasteiger partial charge in [-0.1, -0.05) is 12.1 Å². The second-order valence-electron chi connectivity index (χ2n) is 2.17. The molecular weight excluding hydrogens is 111 g/mol. The lowest BCUT2D eigenvalue weighted by atomic mass is 9.75. The fourth-order valence-electron chi connectivity index (χ4n) is 1.08. The first-order valence-corrected chi connectivity index (χ1v) is 3.09. The molecule has 0 amide bonds. The van der Waals surface area contributed by atoms with Crippen molar-refractivity contribution in [2.45, 2.75) is 0 Å². The molecule has 0 aromatic rings. The van der Waals surface area contributed by atoms with Crippen molar-refractivity contribution >= 4 is 13.2 Å². The van der Waals surface area contributed by atoms with Gasteiger partial charge in [0.15, 0.2) is 0 Å². The van der Waals surface area contributed by atoms with Crippen LogP contribution in [0.4, 0.5) is 0 Å². The van der Waals surface area contributed by atoms with E-state index < -0.39 is 0 Å². The summed E-state index contributed by atoms with van der Waals surface area (Å²) in [6.45, 7) is 1.26. The van der Waals surface area contributed by atoms with Gasteiger partial charge in [-0.2, -0.15) is 0 Å². The lowest BCUT2D eigenvalue weighted by molar-refractivity contribution is 0.685. The second-order valence-corrected chi connectivity index (χ2v) is 2.17.